The number of hydrogen-bond donors (Lipinski definition) is 0. The molecule has 0 aliphatic rings. The minimum atomic E-state index is 0.475. The number of thiophene rings is 1. The molecule has 1 aromatic carbocycles. The van der Waals surface area contributed by atoms with Gasteiger partial charge in [0.2, 0.25) is 0 Å². The van der Waals surface area contributed by atoms with Crippen LogP contribution >= 0.6 is 46.1 Å². The van der Waals surface area contributed by atoms with Crippen molar-refractivity contribution in [3.05, 3.63) is 33.1 Å². The van der Waals surface area contributed by atoms with E-state index in [4.69, 9.17) is 34.8 Å². The Labute approximate surface area is 95.0 Å². The van der Waals surface area contributed by atoms with Crippen molar-refractivity contribution < 1.29 is 0 Å². The third-order valence-corrected chi connectivity index (χ3v) is 3.79. The van der Waals surface area contributed by atoms with Gasteiger partial charge in [0.1, 0.15) is 0 Å². The highest BCUT2D eigenvalue weighted by Crippen LogP contribution is 2.35. The van der Waals surface area contributed by atoms with Gasteiger partial charge in [0.25, 0.3) is 0 Å². The van der Waals surface area contributed by atoms with Crippen LogP contribution in [0.3, 0.4) is 0 Å². The second-order valence-electron chi connectivity index (χ2n) is 2.68. The maximum absolute atomic E-state index is 6.05. The van der Waals surface area contributed by atoms with Crippen molar-refractivity contribution in [1.29, 1.82) is 0 Å². The molecule has 0 unspecified atom stereocenters. The first kappa shape index (κ1) is 9.60. The van der Waals surface area contributed by atoms with Gasteiger partial charge >= 0.3 is 0 Å². The molecule has 4 heteroatoms. The van der Waals surface area contributed by atoms with Gasteiger partial charge in [-0.1, -0.05) is 23.2 Å². The van der Waals surface area contributed by atoms with E-state index in [1.165, 1.54) is 11.3 Å². The highest BCUT2D eigenvalue weighted by Gasteiger charge is 2.05. The molecule has 0 fully saturated rings. The van der Waals surface area contributed by atoms with Crippen molar-refractivity contribution in [2.24, 2.45) is 0 Å². The van der Waals surface area contributed by atoms with E-state index in [2.05, 4.69) is 0 Å². The molecule has 0 nitrogen and oxygen atoms in total. The van der Waals surface area contributed by atoms with Crippen LogP contribution in [0.25, 0.3) is 10.1 Å². The van der Waals surface area contributed by atoms with E-state index in [1.54, 1.807) is 0 Å². The Kier molecular flexibility index (Phi) is 2.70. The van der Waals surface area contributed by atoms with Crippen molar-refractivity contribution in [1.82, 2.24) is 0 Å². The molecular formula is C9H5Cl3S. The van der Waals surface area contributed by atoms with Crippen LogP contribution in [-0.2, 0) is 5.88 Å². The third kappa shape index (κ3) is 1.79. The number of benzene rings is 1. The minimum absolute atomic E-state index is 0.475. The monoisotopic (exact) mass is 250 g/mol. The molecular weight excluding hydrogens is 247 g/mol. The van der Waals surface area contributed by atoms with Gasteiger partial charge in [-0.2, -0.15) is 0 Å². The molecule has 0 amide bonds. The predicted molar refractivity (Wildman–Crippen MR) is 61.4 cm³/mol. The average Bonchev–Trinajstić information content (AvgIpc) is 2.46. The SMILES string of the molecule is ClCc1cc(Cl)c2sc(Cl)cc2c1. The molecule has 0 aliphatic heterocycles. The quantitative estimate of drug-likeness (QED) is 0.629. The maximum atomic E-state index is 6.05. The molecule has 0 saturated carbocycles. The van der Waals surface area contributed by atoms with Gasteiger partial charge < -0.3 is 0 Å². The molecule has 0 spiro atoms. The van der Waals surface area contributed by atoms with E-state index in [0.717, 1.165) is 25.0 Å². The second-order valence-corrected chi connectivity index (χ2v) is 5.04. The second kappa shape index (κ2) is 3.66. The lowest BCUT2D eigenvalue weighted by Gasteiger charge is -1.97. The van der Waals surface area contributed by atoms with E-state index < -0.39 is 0 Å². The van der Waals surface area contributed by atoms with Crippen molar-refractivity contribution in [3.8, 4) is 0 Å². The standard InChI is InChI=1S/C9H5Cl3S/c10-4-5-1-6-3-8(12)13-9(6)7(11)2-5/h1-3H,4H2. The van der Waals surface area contributed by atoms with E-state index in [1.807, 2.05) is 18.2 Å². The zero-order valence-electron chi connectivity index (χ0n) is 6.48. The summed E-state index contributed by atoms with van der Waals surface area (Å²) in [5, 5.41) is 1.79. The summed E-state index contributed by atoms with van der Waals surface area (Å²) in [4.78, 5) is 0. The van der Waals surface area contributed by atoms with E-state index >= 15 is 0 Å². The zero-order chi connectivity index (χ0) is 9.42. The fraction of sp³-hybridized carbons (Fsp3) is 0.111. The van der Waals surface area contributed by atoms with Crippen LogP contribution in [0.2, 0.25) is 9.36 Å². The van der Waals surface area contributed by atoms with E-state index in [9.17, 15) is 0 Å². The van der Waals surface area contributed by atoms with Crippen molar-refractivity contribution >= 4 is 56.2 Å². The predicted octanol–water partition coefficient (Wildman–Crippen LogP) is 4.95. The van der Waals surface area contributed by atoms with Gasteiger partial charge in [-0.15, -0.1) is 22.9 Å². The molecule has 2 rings (SSSR count). The molecule has 1 heterocycles. The molecule has 2 aromatic rings. The van der Waals surface area contributed by atoms with Gasteiger partial charge in [0.05, 0.1) is 14.1 Å². The lowest BCUT2D eigenvalue weighted by Crippen LogP contribution is -1.76. The van der Waals surface area contributed by atoms with Gasteiger partial charge in [0.15, 0.2) is 0 Å². The van der Waals surface area contributed by atoms with Gasteiger partial charge in [-0.25, -0.2) is 0 Å². The summed E-state index contributed by atoms with van der Waals surface area (Å²) >= 11 is 19.1. The van der Waals surface area contributed by atoms with Crippen LogP contribution in [0, 0.1) is 0 Å². The molecule has 0 bridgehead atoms. The summed E-state index contributed by atoms with van der Waals surface area (Å²) in [6.45, 7) is 0. The van der Waals surface area contributed by atoms with Gasteiger partial charge in [-0.05, 0) is 29.1 Å². The first-order valence-electron chi connectivity index (χ1n) is 3.64. The number of alkyl halides is 1. The summed E-state index contributed by atoms with van der Waals surface area (Å²) in [7, 11) is 0. The maximum Gasteiger partial charge on any atom is 0.0941 e. The molecule has 0 atom stereocenters. The minimum Gasteiger partial charge on any atom is -0.122 e. The van der Waals surface area contributed by atoms with Crippen molar-refractivity contribution in [3.63, 3.8) is 0 Å². The van der Waals surface area contributed by atoms with Crippen LogP contribution < -0.4 is 0 Å². The summed E-state index contributed by atoms with van der Waals surface area (Å²) in [5.74, 6) is 0.475. The largest absolute Gasteiger partial charge is 0.122 e. The molecule has 0 saturated heterocycles. The first-order chi connectivity index (χ1) is 6.20. The van der Waals surface area contributed by atoms with Crippen LogP contribution in [0.1, 0.15) is 5.56 Å². The summed E-state index contributed by atoms with van der Waals surface area (Å²) in [5.41, 5.74) is 1.02. The summed E-state index contributed by atoms with van der Waals surface area (Å²) in [6, 6.07) is 5.80. The Balaban J connectivity index is 2.75. The third-order valence-electron chi connectivity index (χ3n) is 1.75. The number of fused-ring (bicyclic) bond motifs is 1. The molecule has 0 radical (unpaired) electrons. The van der Waals surface area contributed by atoms with Gasteiger partial charge in [-0.3, -0.25) is 0 Å². The molecule has 0 aliphatic carbocycles. The lowest BCUT2D eigenvalue weighted by molar-refractivity contribution is 1.43. The number of hydrogen-bond acceptors (Lipinski definition) is 1. The lowest BCUT2D eigenvalue weighted by atomic mass is 10.2. The van der Waals surface area contributed by atoms with Crippen molar-refractivity contribution in [2.75, 3.05) is 0 Å². The first-order valence-corrected chi connectivity index (χ1v) is 5.75. The van der Waals surface area contributed by atoms with Crippen LogP contribution in [-0.4, -0.2) is 0 Å². The summed E-state index contributed by atoms with van der Waals surface area (Å²) in [6.07, 6.45) is 0. The Morgan fingerprint density at radius 3 is 2.62 bits per heavy atom. The molecule has 13 heavy (non-hydrogen) atoms. The Bertz CT molecular complexity index is 447. The van der Waals surface area contributed by atoms with Gasteiger partial charge in [0, 0.05) is 5.88 Å². The van der Waals surface area contributed by atoms with E-state index in [-0.39, 0.29) is 0 Å². The molecule has 68 valence electrons. The van der Waals surface area contributed by atoms with Crippen LogP contribution in [0.5, 0.6) is 0 Å². The normalized spacial score (nSPS) is 11.0. The topological polar surface area (TPSA) is 0 Å². The highest BCUT2D eigenvalue weighted by atomic mass is 35.5. The fourth-order valence-electron chi connectivity index (χ4n) is 1.21. The Hall–Kier alpha value is 0.0500. The van der Waals surface area contributed by atoms with Crippen LogP contribution in [0.4, 0.5) is 0 Å². The molecule has 1 aromatic heterocycles. The van der Waals surface area contributed by atoms with Crippen LogP contribution in [0.15, 0.2) is 18.2 Å². The smallest absolute Gasteiger partial charge is 0.0941 e. The van der Waals surface area contributed by atoms with Crippen molar-refractivity contribution in [2.45, 2.75) is 5.88 Å². The number of rotatable bonds is 1. The fourth-order valence-corrected chi connectivity index (χ4v) is 2.86. The number of halogens is 3. The Morgan fingerprint density at radius 2 is 1.92 bits per heavy atom. The Morgan fingerprint density at radius 1 is 1.15 bits per heavy atom. The average molecular weight is 252 g/mol. The highest BCUT2D eigenvalue weighted by molar-refractivity contribution is 7.23. The zero-order valence-corrected chi connectivity index (χ0v) is 9.57. The van der Waals surface area contributed by atoms with E-state index in [0.29, 0.717) is 5.88 Å². The molecule has 0 N–H and O–H groups in total. The summed E-state index contributed by atoms with van der Waals surface area (Å²) < 4.78 is 1.78.